The Kier molecular flexibility index (Phi) is 4.62. The SMILES string of the molecule is CC1(C)OC(c2ccc(S(N)(=O)=O)c(Cl)c2)=C(c2ccc(F)cc2F)C1=O. The van der Waals surface area contributed by atoms with Gasteiger partial charge in [0.05, 0.1) is 10.6 Å². The lowest BCUT2D eigenvalue weighted by atomic mass is 9.92. The van der Waals surface area contributed by atoms with Crippen LogP contribution < -0.4 is 5.14 Å². The molecule has 0 spiro atoms. The molecule has 9 heteroatoms. The summed E-state index contributed by atoms with van der Waals surface area (Å²) in [6.45, 7) is 3.01. The van der Waals surface area contributed by atoms with Crippen molar-refractivity contribution in [2.75, 3.05) is 0 Å². The molecule has 142 valence electrons. The second kappa shape index (κ2) is 6.40. The van der Waals surface area contributed by atoms with Crippen molar-refractivity contribution >= 4 is 38.7 Å². The number of sulfonamides is 1. The average molecular weight is 414 g/mol. The minimum Gasteiger partial charge on any atom is -0.478 e. The third-order valence-electron chi connectivity index (χ3n) is 4.06. The summed E-state index contributed by atoms with van der Waals surface area (Å²) in [4.78, 5) is 12.5. The fraction of sp³-hybridized carbons (Fsp3) is 0.167. The standard InChI is InChI=1S/C18H14ClF2NO4S/c1-18(2)17(23)15(11-5-4-10(20)8-13(11)21)16(26-18)9-3-6-14(12(19)7-9)27(22,24)25/h3-8H,1-2H3,(H2,22,24,25). The minimum atomic E-state index is -4.04. The number of ketones is 1. The normalized spacial score (nSPS) is 16.6. The molecule has 0 atom stereocenters. The highest BCUT2D eigenvalue weighted by Crippen LogP contribution is 2.42. The maximum Gasteiger partial charge on any atom is 0.239 e. The molecule has 0 aliphatic carbocycles. The van der Waals surface area contributed by atoms with E-state index in [0.717, 1.165) is 18.2 Å². The number of primary sulfonamides is 1. The Balaban J connectivity index is 2.25. The first kappa shape index (κ1) is 19.5. The van der Waals surface area contributed by atoms with Gasteiger partial charge in [-0.15, -0.1) is 0 Å². The first-order valence-corrected chi connectivity index (χ1v) is 9.60. The number of nitrogens with two attached hydrogens (primary N) is 1. The number of carbonyl (C=O) groups is 1. The van der Waals surface area contributed by atoms with Gasteiger partial charge in [0.2, 0.25) is 15.8 Å². The zero-order valence-electron chi connectivity index (χ0n) is 14.2. The molecule has 0 saturated heterocycles. The number of hydrogen-bond acceptors (Lipinski definition) is 4. The molecule has 5 nitrogen and oxygen atoms in total. The second-order valence-corrected chi connectivity index (χ2v) is 8.40. The molecule has 1 heterocycles. The molecule has 1 aliphatic rings. The molecule has 0 unspecified atom stereocenters. The Morgan fingerprint density at radius 1 is 1.11 bits per heavy atom. The molecule has 0 saturated carbocycles. The summed E-state index contributed by atoms with van der Waals surface area (Å²) in [6, 6.07) is 6.60. The molecule has 0 fully saturated rings. The highest BCUT2D eigenvalue weighted by atomic mass is 35.5. The maximum atomic E-state index is 14.3. The second-order valence-electron chi connectivity index (χ2n) is 6.46. The summed E-state index contributed by atoms with van der Waals surface area (Å²) in [5.41, 5.74) is -1.26. The van der Waals surface area contributed by atoms with E-state index in [2.05, 4.69) is 0 Å². The number of halogens is 3. The van der Waals surface area contributed by atoms with E-state index in [1.165, 1.54) is 26.0 Å². The first-order chi connectivity index (χ1) is 12.4. The van der Waals surface area contributed by atoms with Crippen molar-refractivity contribution in [2.45, 2.75) is 24.3 Å². The van der Waals surface area contributed by atoms with Crippen molar-refractivity contribution in [1.82, 2.24) is 0 Å². The van der Waals surface area contributed by atoms with Crippen LogP contribution in [0, 0.1) is 11.6 Å². The fourth-order valence-electron chi connectivity index (χ4n) is 2.77. The van der Waals surface area contributed by atoms with Gasteiger partial charge < -0.3 is 4.74 Å². The number of hydrogen-bond donors (Lipinski definition) is 1. The molecule has 2 aromatic carbocycles. The maximum absolute atomic E-state index is 14.3. The molecular weight excluding hydrogens is 400 g/mol. The third-order valence-corrected chi connectivity index (χ3v) is 5.45. The van der Waals surface area contributed by atoms with Crippen molar-refractivity contribution < 1.29 is 26.7 Å². The Bertz CT molecular complexity index is 1110. The van der Waals surface area contributed by atoms with Crippen LogP contribution in [0.4, 0.5) is 8.78 Å². The lowest BCUT2D eigenvalue weighted by Crippen LogP contribution is -2.29. The quantitative estimate of drug-likeness (QED) is 0.834. The van der Waals surface area contributed by atoms with Gasteiger partial charge in [-0.3, -0.25) is 4.79 Å². The molecule has 2 aromatic rings. The Morgan fingerprint density at radius 3 is 2.33 bits per heavy atom. The number of Topliss-reactive ketones (excluding diaryl/α,β-unsaturated/α-hetero) is 1. The molecule has 0 bridgehead atoms. The number of rotatable bonds is 3. The van der Waals surface area contributed by atoms with Crippen molar-refractivity contribution in [1.29, 1.82) is 0 Å². The zero-order valence-corrected chi connectivity index (χ0v) is 15.8. The lowest BCUT2D eigenvalue weighted by molar-refractivity contribution is -0.125. The van der Waals surface area contributed by atoms with Crippen LogP contribution in [-0.4, -0.2) is 19.8 Å². The van der Waals surface area contributed by atoms with Crippen molar-refractivity contribution in [2.24, 2.45) is 5.14 Å². The van der Waals surface area contributed by atoms with Crippen LogP contribution in [0.1, 0.15) is 25.0 Å². The predicted octanol–water partition coefficient (Wildman–Crippen LogP) is 3.51. The topological polar surface area (TPSA) is 86.5 Å². The van der Waals surface area contributed by atoms with E-state index in [1.54, 1.807) is 0 Å². The summed E-state index contributed by atoms with van der Waals surface area (Å²) in [5.74, 6) is -2.21. The molecule has 1 aliphatic heterocycles. The molecular formula is C18H14ClF2NO4S. The van der Waals surface area contributed by atoms with Gasteiger partial charge in [-0.25, -0.2) is 22.3 Å². The average Bonchev–Trinajstić information content (AvgIpc) is 2.77. The van der Waals surface area contributed by atoms with Gasteiger partial charge in [0.25, 0.3) is 0 Å². The van der Waals surface area contributed by atoms with Crippen molar-refractivity contribution in [3.8, 4) is 0 Å². The lowest BCUT2D eigenvalue weighted by Gasteiger charge is -2.18. The molecule has 0 amide bonds. The van der Waals surface area contributed by atoms with Crippen molar-refractivity contribution in [3.05, 3.63) is 64.2 Å². The van der Waals surface area contributed by atoms with Gasteiger partial charge in [-0.2, -0.15) is 0 Å². The van der Waals surface area contributed by atoms with Gasteiger partial charge in [0.15, 0.2) is 5.60 Å². The number of ether oxygens (including phenoxy) is 1. The largest absolute Gasteiger partial charge is 0.478 e. The minimum absolute atomic E-state index is 0.0124. The van der Waals surface area contributed by atoms with E-state index in [4.69, 9.17) is 21.5 Å². The first-order valence-electron chi connectivity index (χ1n) is 7.68. The van der Waals surface area contributed by atoms with Crippen LogP contribution in [-0.2, 0) is 19.6 Å². The predicted molar refractivity (Wildman–Crippen MR) is 96.2 cm³/mol. The van der Waals surface area contributed by atoms with Crippen LogP contribution in [0.3, 0.4) is 0 Å². The van der Waals surface area contributed by atoms with E-state index in [9.17, 15) is 22.0 Å². The van der Waals surface area contributed by atoms with Crippen LogP contribution in [0.2, 0.25) is 5.02 Å². The monoisotopic (exact) mass is 413 g/mol. The van der Waals surface area contributed by atoms with E-state index in [0.29, 0.717) is 6.07 Å². The molecule has 0 radical (unpaired) electrons. The highest BCUT2D eigenvalue weighted by molar-refractivity contribution is 7.89. The van der Waals surface area contributed by atoms with Gasteiger partial charge in [0, 0.05) is 17.2 Å². The summed E-state index contributed by atoms with van der Waals surface area (Å²) >= 11 is 6.00. The van der Waals surface area contributed by atoms with Gasteiger partial charge in [0.1, 0.15) is 22.3 Å². The molecule has 2 N–H and O–H groups in total. The summed E-state index contributed by atoms with van der Waals surface area (Å²) in [7, 11) is -4.04. The Hall–Kier alpha value is -2.29. The fourth-order valence-corrected chi connectivity index (χ4v) is 3.86. The smallest absolute Gasteiger partial charge is 0.239 e. The van der Waals surface area contributed by atoms with Crippen LogP contribution >= 0.6 is 11.6 Å². The van der Waals surface area contributed by atoms with E-state index in [-0.39, 0.29) is 32.4 Å². The Morgan fingerprint density at radius 2 is 1.78 bits per heavy atom. The summed E-state index contributed by atoms with van der Waals surface area (Å²) < 4.78 is 56.3. The molecule has 0 aromatic heterocycles. The Labute approximate surface area is 159 Å². The number of benzene rings is 2. The third kappa shape index (κ3) is 3.47. The summed E-state index contributed by atoms with van der Waals surface area (Å²) in [6.07, 6.45) is 0. The van der Waals surface area contributed by atoms with Crippen LogP contribution in [0.15, 0.2) is 41.3 Å². The number of carbonyl (C=O) groups excluding carboxylic acids is 1. The highest BCUT2D eigenvalue weighted by Gasteiger charge is 2.43. The zero-order chi connectivity index (χ0) is 20.1. The molecule has 27 heavy (non-hydrogen) atoms. The van der Waals surface area contributed by atoms with E-state index < -0.39 is 33.0 Å². The van der Waals surface area contributed by atoms with E-state index in [1.807, 2.05) is 0 Å². The van der Waals surface area contributed by atoms with Crippen LogP contribution in [0.5, 0.6) is 0 Å². The van der Waals surface area contributed by atoms with Gasteiger partial charge in [-0.05, 0) is 44.2 Å². The van der Waals surface area contributed by atoms with E-state index >= 15 is 0 Å². The van der Waals surface area contributed by atoms with Crippen molar-refractivity contribution in [3.63, 3.8) is 0 Å². The van der Waals surface area contributed by atoms with Gasteiger partial charge >= 0.3 is 0 Å². The summed E-state index contributed by atoms with van der Waals surface area (Å²) in [5, 5.41) is 4.91. The van der Waals surface area contributed by atoms with Crippen LogP contribution in [0.25, 0.3) is 11.3 Å². The molecule has 3 rings (SSSR count). The van der Waals surface area contributed by atoms with Gasteiger partial charge in [-0.1, -0.05) is 11.6 Å².